The molecule has 1 rings (SSSR count). The van der Waals surface area contributed by atoms with Crippen molar-refractivity contribution < 1.29 is 51.8 Å². The van der Waals surface area contributed by atoms with Crippen molar-refractivity contribution in [2.45, 2.75) is 294 Å². The highest BCUT2D eigenvalue weighted by atomic mass is 32.3. The van der Waals surface area contributed by atoms with Crippen LogP contribution in [0.15, 0.2) is 0 Å². The van der Waals surface area contributed by atoms with Crippen LogP contribution in [0.5, 0.6) is 0 Å². The molecule has 7 unspecified atom stereocenters. The number of aliphatic hydroxyl groups excluding tert-OH is 4. The Kier molecular flexibility index (Phi) is 38.5. The molecule has 0 radical (unpaired) electrons. The molecule has 12 nitrogen and oxygen atoms in total. The largest absolute Gasteiger partial charge is 0.397 e. The van der Waals surface area contributed by atoms with E-state index in [0.29, 0.717) is 12.8 Å². The van der Waals surface area contributed by atoms with Gasteiger partial charge in [0.05, 0.1) is 25.4 Å². The Hall–Kier alpha value is -0.900. The Balaban J connectivity index is 2.41. The number of ether oxygens (including phenoxy) is 2. The number of carbonyl (C=O) groups excluding carboxylic acids is 1. The van der Waals surface area contributed by atoms with Crippen molar-refractivity contribution in [2.75, 3.05) is 13.2 Å². The van der Waals surface area contributed by atoms with Crippen molar-refractivity contribution in [3.8, 4) is 0 Å². The van der Waals surface area contributed by atoms with Gasteiger partial charge in [-0.05, 0) is 12.8 Å². The Bertz CT molecular complexity index is 1120. The van der Waals surface area contributed by atoms with Crippen LogP contribution in [-0.2, 0) is 28.9 Å². The van der Waals surface area contributed by atoms with Crippen LogP contribution in [-0.4, -0.2) is 95.4 Å². The normalized spacial score (nSPS) is 20.4. The first kappa shape index (κ1) is 59.1. The maximum absolute atomic E-state index is 13.1. The minimum Gasteiger partial charge on any atom is -0.394 e. The Morgan fingerprint density at radius 1 is 0.581 bits per heavy atom. The molecule has 0 aromatic carbocycles. The molecule has 0 aromatic rings. The van der Waals surface area contributed by atoms with Crippen LogP contribution in [0, 0.1) is 0 Å². The molecular formula is C49H97NO11S. The van der Waals surface area contributed by atoms with E-state index in [2.05, 4.69) is 23.3 Å². The molecule has 62 heavy (non-hydrogen) atoms. The predicted octanol–water partition coefficient (Wildman–Crippen LogP) is 10.9. The summed E-state index contributed by atoms with van der Waals surface area (Å²) in [6, 6.07) is -0.852. The number of aliphatic hydroxyl groups is 4. The average molecular weight is 908 g/mol. The Morgan fingerprint density at radius 2 is 0.935 bits per heavy atom. The topological polar surface area (TPSA) is 192 Å². The quantitative estimate of drug-likeness (QED) is 0.0252. The lowest BCUT2D eigenvalue weighted by Gasteiger charge is -2.41. The number of hydrogen-bond acceptors (Lipinski definition) is 10. The highest BCUT2D eigenvalue weighted by Crippen LogP contribution is 2.26. The molecular weight excluding hydrogens is 811 g/mol. The summed E-state index contributed by atoms with van der Waals surface area (Å²) in [7, 11) is -5.07. The molecule has 1 amide bonds. The first-order valence-corrected chi connectivity index (χ1v) is 27.3. The van der Waals surface area contributed by atoms with E-state index >= 15 is 0 Å². The molecule has 0 aliphatic carbocycles. The summed E-state index contributed by atoms with van der Waals surface area (Å²) in [4.78, 5) is 13.1. The molecule has 1 aliphatic heterocycles. The molecule has 0 aromatic heterocycles. The Morgan fingerprint density at radius 3 is 1.29 bits per heavy atom. The summed E-state index contributed by atoms with van der Waals surface area (Å²) >= 11 is 0. The molecule has 0 saturated carbocycles. The van der Waals surface area contributed by atoms with Gasteiger partial charge in [-0.15, -0.1) is 0 Å². The van der Waals surface area contributed by atoms with Crippen molar-refractivity contribution in [1.29, 1.82) is 0 Å². The van der Waals surface area contributed by atoms with Gasteiger partial charge in [0, 0.05) is 6.42 Å². The van der Waals surface area contributed by atoms with Gasteiger partial charge < -0.3 is 35.2 Å². The number of amides is 1. The molecule has 6 N–H and O–H groups in total. The molecule has 1 heterocycles. The van der Waals surface area contributed by atoms with E-state index in [0.717, 1.165) is 51.4 Å². The maximum atomic E-state index is 13.1. The molecule has 13 heteroatoms. The van der Waals surface area contributed by atoms with Crippen molar-refractivity contribution in [1.82, 2.24) is 5.32 Å². The smallest absolute Gasteiger partial charge is 0.394 e. The fourth-order valence-corrected chi connectivity index (χ4v) is 9.15. The molecule has 370 valence electrons. The van der Waals surface area contributed by atoms with Crippen LogP contribution in [0.3, 0.4) is 0 Å². The van der Waals surface area contributed by atoms with E-state index in [-0.39, 0.29) is 12.5 Å². The zero-order valence-corrected chi connectivity index (χ0v) is 40.5. The fraction of sp³-hybridized carbons (Fsp3) is 0.980. The monoisotopic (exact) mass is 908 g/mol. The van der Waals surface area contributed by atoms with Gasteiger partial charge in [0.1, 0.15) is 24.4 Å². The van der Waals surface area contributed by atoms with E-state index in [4.69, 9.17) is 9.47 Å². The third-order valence-corrected chi connectivity index (χ3v) is 13.1. The molecule has 1 saturated heterocycles. The summed E-state index contributed by atoms with van der Waals surface area (Å²) in [6.45, 7) is 3.48. The minimum atomic E-state index is -5.07. The van der Waals surface area contributed by atoms with Crippen LogP contribution in [0.2, 0.25) is 0 Å². The van der Waals surface area contributed by atoms with E-state index in [9.17, 15) is 38.2 Å². The van der Waals surface area contributed by atoms with Gasteiger partial charge in [-0.3, -0.25) is 9.35 Å². The molecule has 1 fully saturated rings. The summed E-state index contributed by atoms with van der Waals surface area (Å²) in [6.07, 6.45) is 35.3. The molecule has 0 spiro atoms. The van der Waals surface area contributed by atoms with Crippen molar-refractivity contribution in [3.05, 3.63) is 0 Å². The summed E-state index contributed by atoms with van der Waals surface area (Å²) in [5.74, 6) is -0.225. The van der Waals surface area contributed by atoms with Crippen molar-refractivity contribution in [2.24, 2.45) is 0 Å². The van der Waals surface area contributed by atoms with Gasteiger partial charge >= 0.3 is 10.4 Å². The van der Waals surface area contributed by atoms with Gasteiger partial charge in [0.2, 0.25) is 5.91 Å². The van der Waals surface area contributed by atoms with E-state index < -0.39 is 59.9 Å². The zero-order chi connectivity index (χ0) is 45.5. The molecule has 7 atom stereocenters. The summed E-state index contributed by atoms with van der Waals surface area (Å²) in [5, 5.41) is 45.0. The third-order valence-electron chi connectivity index (χ3n) is 12.7. The van der Waals surface area contributed by atoms with Crippen molar-refractivity contribution >= 4 is 16.3 Å². The van der Waals surface area contributed by atoms with E-state index in [1.165, 1.54) is 173 Å². The number of unbranched alkanes of at least 4 members (excludes halogenated alkanes) is 33. The molecule has 0 bridgehead atoms. The average Bonchev–Trinajstić information content (AvgIpc) is 3.24. The molecule has 1 aliphatic rings. The van der Waals surface area contributed by atoms with Gasteiger partial charge in [0.15, 0.2) is 6.29 Å². The van der Waals surface area contributed by atoms with Crippen LogP contribution >= 0.6 is 0 Å². The Labute approximate surface area is 379 Å². The number of carbonyl (C=O) groups is 1. The van der Waals surface area contributed by atoms with E-state index in [1.54, 1.807) is 0 Å². The second-order valence-corrected chi connectivity index (χ2v) is 19.5. The highest BCUT2D eigenvalue weighted by Gasteiger charge is 2.48. The first-order valence-electron chi connectivity index (χ1n) is 25.9. The van der Waals surface area contributed by atoms with Gasteiger partial charge in [-0.2, -0.15) is 8.42 Å². The number of nitrogens with one attached hydrogen (secondary N) is 1. The fourth-order valence-electron chi connectivity index (χ4n) is 8.64. The van der Waals surface area contributed by atoms with Gasteiger partial charge in [-0.1, -0.05) is 232 Å². The summed E-state index contributed by atoms with van der Waals surface area (Å²) in [5.41, 5.74) is 0. The van der Waals surface area contributed by atoms with Crippen LogP contribution < -0.4 is 5.32 Å². The second-order valence-electron chi connectivity index (χ2n) is 18.5. The van der Waals surface area contributed by atoms with Crippen LogP contribution in [0.25, 0.3) is 0 Å². The van der Waals surface area contributed by atoms with Crippen molar-refractivity contribution in [3.63, 3.8) is 0 Å². The first-order chi connectivity index (χ1) is 30.0. The number of hydrogen-bond donors (Lipinski definition) is 6. The minimum absolute atomic E-state index is 0.225. The second kappa shape index (κ2) is 40.4. The predicted molar refractivity (Wildman–Crippen MR) is 250 cm³/mol. The van der Waals surface area contributed by atoms with Gasteiger partial charge in [0.25, 0.3) is 0 Å². The zero-order valence-electron chi connectivity index (χ0n) is 39.7. The third kappa shape index (κ3) is 32.7. The maximum Gasteiger partial charge on any atom is 0.397 e. The van der Waals surface area contributed by atoms with Crippen LogP contribution in [0.4, 0.5) is 0 Å². The number of rotatable bonds is 45. The SMILES string of the molecule is CCCCCCCCCCCCCCCCCCCCCCC(O)C(COC1OC(CO)C(O)C(OS(=O)(=O)O)C1O)NC(=O)CCCCCCCCCCCCCCCCC. The lowest BCUT2D eigenvalue weighted by atomic mass is 9.99. The summed E-state index contributed by atoms with van der Waals surface area (Å²) < 4.78 is 47.8. The lowest BCUT2D eigenvalue weighted by molar-refractivity contribution is -0.298. The van der Waals surface area contributed by atoms with E-state index in [1.807, 2.05) is 0 Å². The lowest BCUT2D eigenvalue weighted by Crippen LogP contribution is -2.61. The highest BCUT2D eigenvalue weighted by molar-refractivity contribution is 7.80. The van der Waals surface area contributed by atoms with Crippen LogP contribution in [0.1, 0.15) is 251 Å². The van der Waals surface area contributed by atoms with Gasteiger partial charge in [-0.25, -0.2) is 4.18 Å². The standard InChI is InChI=1S/C49H97NO11S/c1-3-5-7-9-11-13-15-17-19-20-21-22-23-25-26-28-30-32-34-36-38-43(52)42(41-59-49-47(55)48(61-62(56,57)58)46(54)44(40-51)60-49)50-45(53)39-37-35-33-31-29-27-24-18-16-14-12-10-8-6-4-2/h42-44,46-49,51-52,54-55H,3-41H2,1-2H3,(H,50,53)(H,56,57,58).